The lowest BCUT2D eigenvalue weighted by Gasteiger charge is -2.43. The third kappa shape index (κ3) is 3.66. The van der Waals surface area contributed by atoms with Gasteiger partial charge < -0.3 is 15.8 Å². The maximum atomic E-state index is 12.2. The van der Waals surface area contributed by atoms with Crippen molar-refractivity contribution in [3.8, 4) is 0 Å². The molecule has 15 heavy (non-hydrogen) atoms. The average Bonchev–Trinajstić information content (AvgIpc) is 2.13. The Morgan fingerprint density at radius 1 is 1.40 bits per heavy atom. The number of hydrogen-bond donors (Lipinski definition) is 2. The smallest absolute Gasteiger partial charge is 0.250 e. The van der Waals surface area contributed by atoms with Crippen LogP contribution in [0.25, 0.3) is 0 Å². The molecule has 1 saturated heterocycles. The van der Waals surface area contributed by atoms with Gasteiger partial charge in [-0.3, -0.25) is 0 Å². The second kappa shape index (κ2) is 5.18. The molecule has 0 bridgehead atoms. The number of nitrogens with two attached hydrogens (primary N) is 1. The minimum atomic E-state index is -2.33. The van der Waals surface area contributed by atoms with Gasteiger partial charge in [0.2, 0.25) is 0 Å². The van der Waals surface area contributed by atoms with Gasteiger partial charge in [-0.05, 0) is 26.7 Å². The monoisotopic (exact) mass is 222 g/mol. The second-order valence-corrected chi connectivity index (χ2v) is 4.42. The van der Waals surface area contributed by atoms with Gasteiger partial charge in [-0.2, -0.15) is 0 Å². The van der Waals surface area contributed by atoms with Gasteiger partial charge in [0.25, 0.3) is 6.43 Å². The van der Waals surface area contributed by atoms with Crippen molar-refractivity contribution < 1.29 is 13.5 Å². The number of rotatable bonds is 4. The summed E-state index contributed by atoms with van der Waals surface area (Å²) in [7, 11) is 0. The summed E-state index contributed by atoms with van der Waals surface area (Å²) in [5.41, 5.74) is 5.30. The number of ether oxygens (including phenoxy) is 1. The van der Waals surface area contributed by atoms with Crippen molar-refractivity contribution in [3.05, 3.63) is 0 Å². The van der Waals surface area contributed by atoms with Crippen LogP contribution >= 0.6 is 0 Å². The highest BCUT2D eigenvalue weighted by atomic mass is 19.3. The van der Waals surface area contributed by atoms with Crippen LogP contribution in [0.4, 0.5) is 8.78 Å². The molecule has 1 aliphatic heterocycles. The van der Waals surface area contributed by atoms with E-state index in [-0.39, 0.29) is 24.3 Å². The fourth-order valence-corrected chi connectivity index (χ4v) is 2.35. The molecule has 0 amide bonds. The van der Waals surface area contributed by atoms with Crippen LogP contribution in [0.2, 0.25) is 0 Å². The van der Waals surface area contributed by atoms with Gasteiger partial charge in [0.05, 0.1) is 18.8 Å². The van der Waals surface area contributed by atoms with Gasteiger partial charge in [-0.15, -0.1) is 0 Å². The van der Waals surface area contributed by atoms with Crippen molar-refractivity contribution in [3.63, 3.8) is 0 Å². The zero-order valence-electron chi connectivity index (χ0n) is 9.30. The Morgan fingerprint density at radius 3 is 2.33 bits per heavy atom. The summed E-state index contributed by atoms with van der Waals surface area (Å²) in [5.74, 6) is 0. The Bertz CT molecular complexity index is 192. The summed E-state index contributed by atoms with van der Waals surface area (Å²) in [4.78, 5) is 0. The normalized spacial score (nSPS) is 37.2. The summed E-state index contributed by atoms with van der Waals surface area (Å²) >= 11 is 0. The standard InChI is InChI=1S/C10H20F2N2O/c1-7-3-10(6-13,4-8(2)15-7)14-5-9(11)12/h7-9,14H,3-6,13H2,1-2H3. The van der Waals surface area contributed by atoms with Gasteiger partial charge in [-0.25, -0.2) is 8.78 Å². The SMILES string of the molecule is CC1CC(CN)(NCC(F)F)CC(C)O1. The highest BCUT2D eigenvalue weighted by Crippen LogP contribution is 2.28. The van der Waals surface area contributed by atoms with Crippen molar-refractivity contribution in [2.24, 2.45) is 5.73 Å². The first-order chi connectivity index (χ1) is 6.97. The van der Waals surface area contributed by atoms with Gasteiger partial charge in [0.1, 0.15) is 0 Å². The first kappa shape index (κ1) is 12.8. The first-order valence-corrected chi connectivity index (χ1v) is 5.36. The highest BCUT2D eigenvalue weighted by Gasteiger charge is 2.37. The molecule has 2 unspecified atom stereocenters. The quantitative estimate of drug-likeness (QED) is 0.749. The lowest BCUT2D eigenvalue weighted by atomic mass is 9.84. The van der Waals surface area contributed by atoms with Crippen LogP contribution in [0.1, 0.15) is 26.7 Å². The maximum Gasteiger partial charge on any atom is 0.250 e. The predicted molar refractivity (Wildman–Crippen MR) is 55.0 cm³/mol. The fraction of sp³-hybridized carbons (Fsp3) is 1.00. The molecule has 1 heterocycles. The summed E-state index contributed by atoms with van der Waals surface area (Å²) in [5, 5.41) is 2.89. The molecule has 5 heteroatoms. The fourth-order valence-electron chi connectivity index (χ4n) is 2.35. The molecule has 0 radical (unpaired) electrons. The molecular formula is C10H20F2N2O. The van der Waals surface area contributed by atoms with Gasteiger partial charge in [0.15, 0.2) is 0 Å². The van der Waals surface area contributed by atoms with Gasteiger partial charge in [-0.1, -0.05) is 0 Å². The summed E-state index contributed by atoms with van der Waals surface area (Å²) in [6, 6.07) is 0. The summed E-state index contributed by atoms with van der Waals surface area (Å²) in [6.45, 7) is 3.97. The molecular weight excluding hydrogens is 202 g/mol. The van der Waals surface area contributed by atoms with E-state index >= 15 is 0 Å². The zero-order valence-corrected chi connectivity index (χ0v) is 9.30. The Balaban J connectivity index is 2.57. The van der Waals surface area contributed by atoms with E-state index in [1.165, 1.54) is 0 Å². The van der Waals surface area contributed by atoms with Crippen LogP contribution < -0.4 is 11.1 Å². The number of hydrogen-bond acceptors (Lipinski definition) is 3. The van der Waals surface area contributed by atoms with Crippen LogP contribution in [0.15, 0.2) is 0 Å². The van der Waals surface area contributed by atoms with E-state index in [1.54, 1.807) is 0 Å². The summed E-state index contributed by atoms with van der Waals surface area (Å²) < 4.78 is 29.9. The van der Waals surface area contributed by atoms with Crippen molar-refractivity contribution >= 4 is 0 Å². The van der Waals surface area contributed by atoms with E-state index in [1.807, 2.05) is 13.8 Å². The Hall–Kier alpha value is -0.260. The number of alkyl halides is 2. The Kier molecular flexibility index (Phi) is 4.43. The van der Waals surface area contributed by atoms with Crippen molar-refractivity contribution in [1.29, 1.82) is 0 Å². The number of halogens is 2. The van der Waals surface area contributed by atoms with Crippen LogP contribution in [0, 0.1) is 0 Å². The summed E-state index contributed by atoms with van der Waals surface area (Å²) in [6.07, 6.45) is -0.798. The van der Waals surface area contributed by atoms with E-state index in [9.17, 15) is 8.78 Å². The van der Waals surface area contributed by atoms with E-state index < -0.39 is 6.43 Å². The average molecular weight is 222 g/mol. The van der Waals surface area contributed by atoms with E-state index in [2.05, 4.69) is 5.32 Å². The van der Waals surface area contributed by atoms with Crippen molar-refractivity contribution in [1.82, 2.24) is 5.32 Å². The Morgan fingerprint density at radius 2 is 1.93 bits per heavy atom. The van der Waals surface area contributed by atoms with Crippen molar-refractivity contribution in [2.45, 2.75) is 50.9 Å². The van der Waals surface area contributed by atoms with E-state index in [0.717, 1.165) is 0 Å². The molecule has 0 aromatic rings. The van der Waals surface area contributed by atoms with Crippen LogP contribution in [-0.4, -0.2) is 37.3 Å². The molecule has 2 atom stereocenters. The molecule has 3 N–H and O–H groups in total. The molecule has 0 aromatic carbocycles. The van der Waals surface area contributed by atoms with Crippen molar-refractivity contribution in [2.75, 3.05) is 13.1 Å². The third-order valence-corrected chi connectivity index (χ3v) is 2.84. The zero-order chi connectivity index (χ0) is 11.5. The predicted octanol–water partition coefficient (Wildman–Crippen LogP) is 1.13. The first-order valence-electron chi connectivity index (χ1n) is 5.36. The lowest BCUT2D eigenvalue weighted by molar-refractivity contribution is -0.0694. The van der Waals surface area contributed by atoms with E-state index in [4.69, 9.17) is 10.5 Å². The molecule has 90 valence electrons. The maximum absolute atomic E-state index is 12.2. The third-order valence-electron chi connectivity index (χ3n) is 2.84. The molecule has 0 saturated carbocycles. The molecule has 0 aromatic heterocycles. The van der Waals surface area contributed by atoms with Gasteiger partial charge >= 0.3 is 0 Å². The lowest BCUT2D eigenvalue weighted by Crippen LogP contribution is -2.58. The molecule has 1 rings (SSSR count). The van der Waals surface area contributed by atoms with Crippen LogP contribution in [0.3, 0.4) is 0 Å². The molecule has 3 nitrogen and oxygen atoms in total. The molecule has 1 fully saturated rings. The minimum Gasteiger partial charge on any atom is -0.375 e. The second-order valence-electron chi connectivity index (χ2n) is 4.42. The van der Waals surface area contributed by atoms with Crippen LogP contribution in [-0.2, 0) is 4.74 Å². The minimum absolute atomic E-state index is 0.0717. The largest absolute Gasteiger partial charge is 0.375 e. The Labute approximate surface area is 89.4 Å². The van der Waals surface area contributed by atoms with Gasteiger partial charge in [0, 0.05) is 12.1 Å². The van der Waals surface area contributed by atoms with E-state index in [0.29, 0.717) is 19.4 Å². The molecule has 1 aliphatic rings. The highest BCUT2D eigenvalue weighted by molar-refractivity contribution is 4.95. The van der Waals surface area contributed by atoms with Crippen LogP contribution in [0.5, 0.6) is 0 Å². The molecule has 0 spiro atoms. The topological polar surface area (TPSA) is 47.3 Å². The number of nitrogens with one attached hydrogen (secondary N) is 1. The molecule has 0 aliphatic carbocycles.